The minimum atomic E-state index is 0.00185. The summed E-state index contributed by atoms with van der Waals surface area (Å²) in [6.45, 7) is 5.55. The molecule has 0 saturated heterocycles. The third kappa shape index (κ3) is 3.39. The van der Waals surface area contributed by atoms with Crippen molar-refractivity contribution in [3.05, 3.63) is 64.7 Å². The van der Waals surface area contributed by atoms with Gasteiger partial charge in [0.2, 0.25) is 0 Å². The van der Waals surface area contributed by atoms with Crippen molar-refractivity contribution in [1.82, 2.24) is 5.32 Å². The van der Waals surface area contributed by atoms with E-state index in [1.54, 1.807) is 0 Å². The van der Waals surface area contributed by atoms with Gasteiger partial charge in [0.05, 0.1) is 0 Å². The Balaban J connectivity index is 1.76. The maximum atomic E-state index is 12.7. The van der Waals surface area contributed by atoms with Crippen LogP contribution in [0.2, 0.25) is 0 Å². The lowest BCUT2D eigenvalue weighted by atomic mass is 10.0. The second-order valence-corrected chi connectivity index (χ2v) is 6.27. The molecule has 2 amide bonds. The Hall–Kier alpha value is -2.29. The number of anilines is 1. The second-order valence-electron chi connectivity index (χ2n) is 6.27. The fourth-order valence-electron chi connectivity index (χ4n) is 3.29. The standard InChI is InChI=1S/C20H24N2O/c1-15-8-7-9-16(2)18(15)14-21-20(23)22-13-6-5-11-17-10-3-4-12-19(17)22/h3-4,7-10,12H,5-6,11,13-14H2,1-2H3,(H,21,23). The summed E-state index contributed by atoms with van der Waals surface area (Å²) in [5.41, 5.74) is 5.99. The van der Waals surface area contributed by atoms with E-state index >= 15 is 0 Å². The van der Waals surface area contributed by atoms with Gasteiger partial charge in [-0.25, -0.2) is 4.79 Å². The molecule has 1 aliphatic heterocycles. The van der Waals surface area contributed by atoms with Gasteiger partial charge in [-0.2, -0.15) is 0 Å². The molecule has 0 fully saturated rings. The number of fused-ring (bicyclic) bond motifs is 1. The molecule has 1 heterocycles. The van der Waals surface area contributed by atoms with E-state index in [2.05, 4.69) is 55.6 Å². The van der Waals surface area contributed by atoms with Crippen LogP contribution in [0.25, 0.3) is 0 Å². The van der Waals surface area contributed by atoms with Crippen LogP contribution in [0.15, 0.2) is 42.5 Å². The van der Waals surface area contributed by atoms with Crippen LogP contribution in [0.5, 0.6) is 0 Å². The summed E-state index contributed by atoms with van der Waals surface area (Å²) in [5, 5.41) is 3.11. The number of rotatable bonds is 2. The molecular weight excluding hydrogens is 284 g/mol. The predicted molar refractivity (Wildman–Crippen MR) is 94.9 cm³/mol. The van der Waals surface area contributed by atoms with Gasteiger partial charge in [-0.05, 0) is 61.4 Å². The lowest BCUT2D eigenvalue weighted by molar-refractivity contribution is 0.246. The van der Waals surface area contributed by atoms with E-state index in [0.29, 0.717) is 6.54 Å². The average molecular weight is 308 g/mol. The first-order chi connectivity index (χ1) is 11.2. The highest BCUT2D eigenvalue weighted by atomic mass is 16.2. The summed E-state index contributed by atoms with van der Waals surface area (Å²) in [4.78, 5) is 14.6. The molecule has 0 radical (unpaired) electrons. The molecule has 3 heteroatoms. The van der Waals surface area contributed by atoms with Gasteiger partial charge in [0.1, 0.15) is 0 Å². The zero-order chi connectivity index (χ0) is 16.2. The van der Waals surface area contributed by atoms with Gasteiger partial charge in [0, 0.05) is 18.8 Å². The van der Waals surface area contributed by atoms with Crippen LogP contribution >= 0.6 is 0 Å². The lowest BCUT2D eigenvalue weighted by Gasteiger charge is -2.23. The van der Waals surface area contributed by atoms with E-state index < -0.39 is 0 Å². The molecule has 0 aliphatic carbocycles. The number of benzene rings is 2. The molecule has 1 aliphatic rings. The third-order valence-electron chi connectivity index (χ3n) is 4.67. The lowest BCUT2D eigenvalue weighted by Crippen LogP contribution is -2.40. The van der Waals surface area contributed by atoms with Crippen molar-refractivity contribution in [2.24, 2.45) is 0 Å². The molecule has 3 rings (SSSR count). The van der Waals surface area contributed by atoms with Crippen molar-refractivity contribution in [3.63, 3.8) is 0 Å². The smallest absolute Gasteiger partial charge is 0.322 e. The summed E-state index contributed by atoms with van der Waals surface area (Å²) in [5.74, 6) is 0. The molecule has 3 nitrogen and oxygen atoms in total. The summed E-state index contributed by atoms with van der Waals surface area (Å²) in [7, 11) is 0. The first kappa shape index (κ1) is 15.6. The van der Waals surface area contributed by atoms with Crippen molar-refractivity contribution >= 4 is 11.7 Å². The van der Waals surface area contributed by atoms with Crippen LogP contribution in [-0.4, -0.2) is 12.6 Å². The predicted octanol–water partition coefficient (Wildman–Crippen LogP) is 4.36. The van der Waals surface area contributed by atoms with E-state index in [1.165, 1.54) is 22.3 Å². The highest BCUT2D eigenvalue weighted by molar-refractivity contribution is 5.93. The molecule has 0 saturated carbocycles. The first-order valence-corrected chi connectivity index (χ1v) is 8.35. The van der Waals surface area contributed by atoms with E-state index in [0.717, 1.165) is 31.5 Å². The summed E-state index contributed by atoms with van der Waals surface area (Å²) < 4.78 is 0. The Kier molecular flexibility index (Phi) is 4.65. The first-order valence-electron chi connectivity index (χ1n) is 8.35. The van der Waals surface area contributed by atoms with E-state index in [1.807, 2.05) is 11.0 Å². The number of amides is 2. The Morgan fingerprint density at radius 2 is 1.78 bits per heavy atom. The summed E-state index contributed by atoms with van der Waals surface area (Å²) in [6.07, 6.45) is 3.24. The van der Waals surface area contributed by atoms with Crippen molar-refractivity contribution in [2.75, 3.05) is 11.4 Å². The molecule has 2 aromatic carbocycles. The summed E-state index contributed by atoms with van der Waals surface area (Å²) >= 11 is 0. The number of aryl methyl sites for hydroxylation is 3. The molecule has 2 aromatic rings. The largest absolute Gasteiger partial charge is 0.334 e. The van der Waals surface area contributed by atoms with Crippen LogP contribution in [0, 0.1) is 13.8 Å². The highest BCUT2D eigenvalue weighted by Gasteiger charge is 2.20. The minimum Gasteiger partial charge on any atom is -0.334 e. The van der Waals surface area contributed by atoms with E-state index in [4.69, 9.17) is 0 Å². The fourth-order valence-corrected chi connectivity index (χ4v) is 3.29. The van der Waals surface area contributed by atoms with Crippen molar-refractivity contribution in [3.8, 4) is 0 Å². The Morgan fingerprint density at radius 1 is 1.04 bits per heavy atom. The van der Waals surface area contributed by atoms with Gasteiger partial charge in [0.25, 0.3) is 0 Å². The normalized spacial score (nSPS) is 14.1. The van der Waals surface area contributed by atoms with Gasteiger partial charge in [-0.15, -0.1) is 0 Å². The topological polar surface area (TPSA) is 32.3 Å². The fraction of sp³-hybridized carbons (Fsp3) is 0.350. The number of para-hydroxylation sites is 1. The monoisotopic (exact) mass is 308 g/mol. The number of carbonyl (C=O) groups excluding carboxylic acids is 1. The molecule has 0 atom stereocenters. The molecule has 1 N–H and O–H groups in total. The maximum absolute atomic E-state index is 12.7. The van der Waals surface area contributed by atoms with Crippen LogP contribution in [0.4, 0.5) is 10.5 Å². The van der Waals surface area contributed by atoms with Crippen LogP contribution < -0.4 is 10.2 Å². The third-order valence-corrected chi connectivity index (χ3v) is 4.67. The second kappa shape index (κ2) is 6.86. The van der Waals surface area contributed by atoms with Crippen LogP contribution in [0.1, 0.15) is 35.1 Å². The van der Waals surface area contributed by atoms with Gasteiger partial charge >= 0.3 is 6.03 Å². The SMILES string of the molecule is Cc1cccc(C)c1CNC(=O)N1CCCCc2ccccc21. The molecule has 0 spiro atoms. The molecular formula is C20H24N2O. The highest BCUT2D eigenvalue weighted by Crippen LogP contribution is 2.26. The van der Waals surface area contributed by atoms with Crippen molar-refractivity contribution in [1.29, 1.82) is 0 Å². The zero-order valence-corrected chi connectivity index (χ0v) is 13.9. The summed E-state index contributed by atoms with van der Waals surface area (Å²) in [6, 6.07) is 14.5. The van der Waals surface area contributed by atoms with Gasteiger partial charge < -0.3 is 5.32 Å². The number of hydrogen-bond donors (Lipinski definition) is 1. The van der Waals surface area contributed by atoms with Crippen LogP contribution in [0.3, 0.4) is 0 Å². The van der Waals surface area contributed by atoms with Gasteiger partial charge in [0.15, 0.2) is 0 Å². The quantitative estimate of drug-likeness (QED) is 0.878. The average Bonchev–Trinajstić information content (AvgIpc) is 2.76. The number of nitrogens with zero attached hydrogens (tertiary/aromatic N) is 1. The van der Waals surface area contributed by atoms with Crippen molar-refractivity contribution < 1.29 is 4.79 Å². The van der Waals surface area contributed by atoms with Gasteiger partial charge in [-0.3, -0.25) is 4.90 Å². The van der Waals surface area contributed by atoms with Gasteiger partial charge in [-0.1, -0.05) is 36.4 Å². The number of urea groups is 1. The Labute approximate surface area is 138 Å². The number of carbonyl (C=O) groups is 1. The molecule has 120 valence electrons. The Bertz CT molecular complexity index is 688. The maximum Gasteiger partial charge on any atom is 0.322 e. The van der Waals surface area contributed by atoms with E-state index in [-0.39, 0.29) is 6.03 Å². The molecule has 23 heavy (non-hydrogen) atoms. The van der Waals surface area contributed by atoms with Crippen LogP contribution in [-0.2, 0) is 13.0 Å². The number of hydrogen-bond acceptors (Lipinski definition) is 1. The van der Waals surface area contributed by atoms with E-state index in [9.17, 15) is 4.79 Å². The Morgan fingerprint density at radius 3 is 2.57 bits per heavy atom. The molecule has 0 bridgehead atoms. The zero-order valence-electron chi connectivity index (χ0n) is 13.9. The minimum absolute atomic E-state index is 0.00185. The number of nitrogens with one attached hydrogen (secondary N) is 1. The van der Waals surface area contributed by atoms with Crippen molar-refractivity contribution in [2.45, 2.75) is 39.7 Å². The molecule has 0 unspecified atom stereocenters. The molecule has 0 aromatic heterocycles.